The van der Waals surface area contributed by atoms with Gasteiger partial charge in [-0.2, -0.15) is 0 Å². The highest BCUT2D eigenvalue weighted by atomic mass is 16.5. The summed E-state index contributed by atoms with van der Waals surface area (Å²) in [6.45, 7) is 6.29. The summed E-state index contributed by atoms with van der Waals surface area (Å²) in [5.41, 5.74) is -0.632. The number of nitrogens with one attached hydrogen (secondary N) is 1. The Morgan fingerprint density at radius 3 is 2.57 bits per heavy atom. The maximum absolute atomic E-state index is 11.7. The first-order valence-electron chi connectivity index (χ1n) is 8.62. The molecular formula is C17H31NO3. The molecule has 2 N–H and O–H groups in total. The van der Waals surface area contributed by atoms with Crippen LogP contribution in [0.25, 0.3) is 0 Å². The van der Waals surface area contributed by atoms with Crippen LogP contribution >= 0.6 is 0 Å². The van der Waals surface area contributed by atoms with Crippen molar-refractivity contribution in [3.05, 3.63) is 0 Å². The molecule has 0 radical (unpaired) electrons. The van der Waals surface area contributed by atoms with Gasteiger partial charge in [-0.25, -0.2) is 0 Å². The maximum Gasteiger partial charge on any atom is 0.308 e. The van der Waals surface area contributed by atoms with Gasteiger partial charge in [-0.3, -0.25) is 4.79 Å². The normalized spacial score (nSPS) is 36.6. The molecule has 0 aromatic heterocycles. The van der Waals surface area contributed by atoms with Gasteiger partial charge in [0, 0.05) is 6.54 Å². The summed E-state index contributed by atoms with van der Waals surface area (Å²) in [5.74, 6) is 1.53. The largest absolute Gasteiger partial charge is 0.466 e. The van der Waals surface area contributed by atoms with Crippen LogP contribution in [0.1, 0.15) is 58.8 Å². The fraction of sp³-hybridized carbons (Fsp3) is 0.941. The van der Waals surface area contributed by atoms with E-state index in [2.05, 4.69) is 12.2 Å². The van der Waals surface area contributed by atoms with E-state index in [9.17, 15) is 9.90 Å². The highest BCUT2D eigenvalue weighted by Gasteiger charge is 2.36. The molecule has 2 aliphatic carbocycles. The molecule has 2 aliphatic rings. The Bertz CT molecular complexity index is 337. The van der Waals surface area contributed by atoms with Gasteiger partial charge in [0.1, 0.15) is 0 Å². The molecule has 0 amide bonds. The minimum Gasteiger partial charge on any atom is -0.466 e. The van der Waals surface area contributed by atoms with Crippen LogP contribution in [-0.4, -0.2) is 36.4 Å². The van der Waals surface area contributed by atoms with Crippen LogP contribution in [0.4, 0.5) is 0 Å². The lowest BCUT2D eigenvalue weighted by molar-refractivity contribution is -0.151. The van der Waals surface area contributed by atoms with Crippen molar-refractivity contribution in [2.45, 2.75) is 64.4 Å². The van der Waals surface area contributed by atoms with E-state index in [-0.39, 0.29) is 11.9 Å². The molecule has 0 aromatic rings. The van der Waals surface area contributed by atoms with Crippen molar-refractivity contribution < 1.29 is 14.6 Å². The molecule has 0 spiro atoms. The summed E-state index contributed by atoms with van der Waals surface area (Å²) >= 11 is 0. The van der Waals surface area contributed by atoms with Crippen LogP contribution in [0.2, 0.25) is 0 Å². The molecule has 2 fully saturated rings. The maximum atomic E-state index is 11.7. The summed E-state index contributed by atoms with van der Waals surface area (Å²) in [5, 5.41) is 14.1. The highest BCUT2D eigenvalue weighted by Crippen LogP contribution is 2.33. The second-order valence-electron chi connectivity index (χ2n) is 7.17. The number of hydrogen-bond acceptors (Lipinski definition) is 4. The highest BCUT2D eigenvalue weighted by molar-refractivity contribution is 5.72. The molecule has 0 saturated heterocycles. The van der Waals surface area contributed by atoms with Gasteiger partial charge in [0.2, 0.25) is 0 Å². The van der Waals surface area contributed by atoms with Crippen molar-refractivity contribution in [2.24, 2.45) is 17.8 Å². The monoisotopic (exact) mass is 297 g/mol. The number of carbonyl (C=O) groups is 1. The number of aliphatic hydroxyl groups is 1. The third-order valence-electron chi connectivity index (χ3n) is 5.23. The van der Waals surface area contributed by atoms with Gasteiger partial charge in [0.15, 0.2) is 0 Å². The molecule has 0 bridgehead atoms. The minimum absolute atomic E-state index is 0.0130. The van der Waals surface area contributed by atoms with E-state index in [0.717, 1.165) is 31.2 Å². The van der Waals surface area contributed by atoms with Crippen LogP contribution in [0.5, 0.6) is 0 Å². The predicted molar refractivity (Wildman–Crippen MR) is 82.9 cm³/mol. The van der Waals surface area contributed by atoms with Crippen molar-refractivity contribution in [3.8, 4) is 0 Å². The van der Waals surface area contributed by atoms with Crippen LogP contribution in [0.3, 0.4) is 0 Å². The number of esters is 1. The average molecular weight is 297 g/mol. The van der Waals surface area contributed by atoms with Crippen LogP contribution < -0.4 is 5.32 Å². The average Bonchev–Trinajstić information content (AvgIpc) is 2.85. The quantitative estimate of drug-likeness (QED) is 0.740. The van der Waals surface area contributed by atoms with Gasteiger partial charge < -0.3 is 15.2 Å². The van der Waals surface area contributed by atoms with Crippen molar-refractivity contribution >= 4 is 5.97 Å². The molecule has 0 aromatic carbocycles. The van der Waals surface area contributed by atoms with Gasteiger partial charge in [-0.15, -0.1) is 0 Å². The predicted octanol–water partition coefficient (Wildman–Crippen LogP) is 2.50. The van der Waals surface area contributed by atoms with Gasteiger partial charge >= 0.3 is 5.97 Å². The lowest BCUT2D eigenvalue weighted by Crippen LogP contribution is -2.45. The molecule has 2 atom stereocenters. The van der Waals surface area contributed by atoms with Gasteiger partial charge in [-0.1, -0.05) is 13.3 Å². The fourth-order valence-electron chi connectivity index (χ4n) is 3.85. The first-order valence-corrected chi connectivity index (χ1v) is 8.62. The standard InChI is InChI=1S/C17H31NO3/c1-3-21-16(19)15-6-8-17(20,9-7-15)12-18-11-14-5-4-13(2)10-14/h13-15,18,20H,3-12H2,1-2H3. The van der Waals surface area contributed by atoms with E-state index < -0.39 is 5.60 Å². The Labute approximate surface area is 128 Å². The van der Waals surface area contributed by atoms with E-state index in [1.807, 2.05) is 6.92 Å². The molecule has 122 valence electrons. The van der Waals surface area contributed by atoms with Crippen LogP contribution in [0.15, 0.2) is 0 Å². The van der Waals surface area contributed by atoms with E-state index in [1.165, 1.54) is 19.3 Å². The first-order chi connectivity index (χ1) is 10.0. The third-order valence-corrected chi connectivity index (χ3v) is 5.23. The van der Waals surface area contributed by atoms with Crippen molar-refractivity contribution in [1.82, 2.24) is 5.32 Å². The zero-order valence-corrected chi connectivity index (χ0v) is 13.6. The van der Waals surface area contributed by atoms with Crippen molar-refractivity contribution in [2.75, 3.05) is 19.7 Å². The van der Waals surface area contributed by atoms with Gasteiger partial charge in [0.25, 0.3) is 0 Å². The van der Waals surface area contributed by atoms with Crippen molar-refractivity contribution in [1.29, 1.82) is 0 Å². The molecule has 4 nitrogen and oxygen atoms in total. The molecule has 2 unspecified atom stereocenters. The summed E-state index contributed by atoms with van der Waals surface area (Å²) in [4.78, 5) is 11.7. The minimum atomic E-state index is -0.632. The van der Waals surface area contributed by atoms with E-state index in [1.54, 1.807) is 0 Å². The molecular weight excluding hydrogens is 266 g/mol. The molecule has 4 heteroatoms. The Balaban J connectivity index is 1.66. The van der Waals surface area contributed by atoms with Crippen LogP contribution in [0, 0.1) is 17.8 Å². The van der Waals surface area contributed by atoms with E-state index >= 15 is 0 Å². The number of carbonyl (C=O) groups excluding carboxylic acids is 1. The van der Waals surface area contributed by atoms with E-state index in [0.29, 0.717) is 26.0 Å². The summed E-state index contributed by atoms with van der Waals surface area (Å²) in [7, 11) is 0. The molecule has 0 heterocycles. The second-order valence-corrected chi connectivity index (χ2v) is 7.17. The smallest absolute Gasteiger partial charge is 0.308 e. The molecule has 2 saturated carbocycles. The van der Waals surface area contributed by atoms with Gasteiger partial charge in [-0.05, 0) is 63.8 Å². The number of ether oxygens (including phenoxy) is 1. The third kappa shape index (κ3) is 4.96. The fourth-order valence-corrected chi connectivity index (χ4v) is 3.85. The van der Waals surface area contributed by atoms with Crippen LogP contribution in [-0.2, 0) is 9.53 Å². The lowest BCUT2D eigenvalue weighted by atomic mass is 9.78. The first kappa shape index (κ1) is 16.8. The summed E-state index contributed by atoms with van der Waals surface area (Å²) in [6.07, 6.45) is 6.87. The Morgan fingerprint density at radius 1 is 1.29 bits per heavy atom. The SMILES string of the molecule is CCOC(=O)C1CCC(O)(CNCC2CCC(C)C2)CC1. The summed E-state index contributed by atoms with van der Waals surface area (Å²) in [6, 6.07) is 0. The van der Waals surface area contributed by atoms with E-state index in [4.69, 9.17) is 4.74 Å². The number of rotatable bonds is 6. The Kier molecular flexibility index (Phi) is 6.06. The zero-order valence-electron chi connectivity index (χ0n) is 13.6. The molecule has 0 aliphatic heterocycles. The number of hydrogen-bond donors (Lipinski definition) is 2. The van der Waals surface area contributed by atoms with Gasteiger partial charge in [0.05, 0.1) is 18.1 Å². The topological polar surface area (TPSA) is 58.6 Å². The Hall–Kier alpha value is -0.610. The lowest BCUT2D eigenvalue weighted by Gasteiger charge is -2.35. The summed E-state index contributed by atoms with van der Waals surface area (Å²) < 4.78 is 5.07. The molecule has 2 rings (SSSR count). The zero-order chi connectivity index (χ0) is 15.3. The Morgan fingerprint density at radius 2 is 2.00 bits per heavy atom. The molecule has 21 heavy (non-hydrogen) atoms. The van der Waals surface area contributed by atoms with Crippen molar-refractivity contribution in [3.63, 3.8) is 0 Å². The second kappa shape index (κ2) is 7.59.